The third-order valence-electron chi connectivity index (χ3n) is 5.59. The molecular weight excluding hydrogens is 330 g/mol. The van der Waals surface area contributed by atoms with Crippen molar-refractivity contribution in [2.45, 2.75) is 31.7 Å². The molecule has 3 rings (SSSR count). The summed E-state index contributed by atoms with van der Waals surface area (Å²) in [4.78, 5) is 27.3. The number of hydrogen-bond acceptors (Lipinski definition) is 4. The van der Waals surface area contributed by atoms with Gasteiger partial charge in [0.2, 0.25) is 5.91 Å². The van der Waals surface area contributed by atoms with Crippen LogP contribution in [0.5, 0.6) is 0 Å². The lowest BCUT2D eigenvalue weighted by molar-refractivity contribution is -0.125. The van der Waals surface area contributed by atoms with Crippen LogP contribution in [0, 0.1) is 5.41 Å². The van der Waals surface area contributed by atoms with Crippen LogP contribution in [0.15, 0.2) is 30.3 Å². The first-order valence-corrected chi connectivity index (χ1v) is 9.49. The fourth-order valence-corrected chi connectivity index (χ4v) is 4.06. The Morgan fingerprint density at radius 1 is 1.27 bits per heavy atom. The number of likely N-dealkylation sites (tertiary alicyclic amines) is 1. The van der Waals surface area contributed by atoms with Gasteiger partial charge >= 0.3 is 0 Å². The molecular formula is C20H29N3O3. The summed E-state index contributed by atoms with van der Waals surface area (Å²) < 4.78 is 5.42. The SMILES string of the molecule is COCC1(CNC(=O)C2CCCN2C(=O)c2ccccc2)CCNCC1. The van der Waals surface area contributed by atoms with Gasteiger partial charge < -0.3 is 20.3 Å². The molecule has 6 heteroatoms. The Morgan fingerprint density at radius 2 is 2.00 bits per heavy atom. The van der Waals surface area contributed by atoms with E-state index in [-0.39, 0.29) is 23.3 Å². The molecule has 142 valence electrons. The highest BCUT2D eigenvalue weighted by Gasteiger charge is 2.37. The first-order valence-electron chi connectivity index (χ1n) is 9.49. The van der Waals surface area contributed by atoms with Crippen LogP contribution in [0.2, 0.25) is 0 Å². The fourth-order valence-electron chi connectivity index (χ4n) is 4.06. The van der Waals surface area contributed by atoms with Crippen LogP contribution in [0.3, 0.4) is 0 Å². The molecule has 0 aliphatic carbocycles. The Balaban J connectivity index is 1.62. The van der Waals surface area contributed by atoms with E-state index in [1.807, 2.05) is 18.2 Å². The van der Waals surface area contributed by atoms with Gasteiger partial charge in [-0.1, -0.05) is 18.2 Å². The highest BCUT2D eigenvalue weighted by molar-refractivity contribution is 5.97. The molecule has 2 saturated heterocycles. The Hall–Kier alpha value is -1.92. The second-order valence-electron chi connectivity index (χ2n) is 7.42. The Kier molecular flexibility index (Phi) is 6.27. The summed E-state index contributed by atoms with van der Waals surface area (Å²) in [5.74, 6) is -0.0995. The molecule has 6 nitrogen and oxygen atoms in total. The Labute approximate surface area is 155 Å². The van der Waals surface area contributed by atoms with Crippen molar-refractivity contribution in [2.75, 3.05) is 39.9 Å². The molecule has 26 heavy (non-hydrogen) atoms. The van der Waals surface area contributed by atoms with E-state index in [1.54, 1.807) is 24.1 Å². The van der Waals surface area contributed by atoms with Gasteiger partial charge in [0.05, 0.1) is 6.61 Å². The molecule has 2 amide bonds. The normalized spacial score (nSPS) is 22.2. The number of ether oxygens (including phenoxy) is 1. The molecule has 1 unspecified atom stereocenters. The first-order chi connectivity index (χ1) is 12.7. The van der Waals surface area contributed by atoms with Crippen molar-refractivity contribution in [3.8, 4) is 0 Å². The summed E-state index contributed by atoms with van der Waals surface area (Å²) in [5.41, 5.74) is 0.629. The van der Waals surface area contributed by atoms with Gasteiger partial charge in [-0.15, -0.1) is 0 Å². The molecule has 0 aromatic heterocycles. The summed E-state index contributed by atoms with van der Waals surface area (Å²) in [6.07, 6.45) is 3.56. The maximum absolute atomic E-state index is 12.8. The van der Waals surface area contributed by atoms with E-state index >= 15 is 0 Å². The lowest BCUT2D eigenvalue weighted by Crippen LogP contribution is -2.51. The van der Waals surface area contributed by atoms with Gasteiger partial charge in [0, 0.05) is 31.2 Å². The first kappa shape index (κ1) is 18.9. The van der Waals surface area contributed by atoms with Crippen LogP contribution >= 0.6 is 0 Å². The third kappa shape index (κ3) is 4.24. The third-order valence-corrected chi connectivity index (χ3v) is 5.59. The smallest absolute Gasteiger partial charge is 0.254 e. The summed E-state index contributed by atoms with van der Waals surface area (Å²) in [6.45, 7) is 3.78. The van der Waals surface area contributed by atoms with Gasteiger partial charge in [-0.3, -0.25) is 9.59 Å². The monoisotopic (exact) mass is 359 g/mol. The van der Waals surface area contributed by atoms with Crippen molar-refractivity contribution < 1.29 is 14.3 Å². The van der Waals surface area contributed by atoms with E-state index in [9.17, 15) is 9.59 Å². The molecule has 0 saturated carbocycles. The molecule has 0 radical (unpaired) electrons. The Bertz CT molecular complexity index is 608. The number of benzene rings is 1. The van der Waals surface area contributed by atoms with E-state index in [0.717, 1.165) is 38.8 Å². The molecule has 1 atom stereocenters. The standard InChI is InChI=1S/C20H29N3O3/c1-26-15-20(9-11-21-12-10-20)14-22-18(24)17-8-5-13-23(17)19(25)16-6-3-2-4-7-16/h2-4,6-7,17,21H,5,8-15H2,1H3,(H,22,24). The van der Waals surface area contributed by atoms with E-state index in [1.165, 1.54) is 0 Å². The van der Waals surface area contributed by atoms with Gasteiger partial charge in [0.1, 0.15) is 6.04 Å². The maximum atomic E-state index is 12.8. The van der Waals surface area contributed by atoms with Crippen molar-refractivity contribution in [3.05, 3.63) is 35.9 Å². The van der Waals surface area contributed by atoms with Crippen molar-refractivity contribution in [1.29, 1.82) is 0 Å². The second-order valence-corrected chi connectivity index (χ2v) is 7.42. The zero-order valence-electron chi connectivity index (χ0n) is 15.5. The van der Waals surface area contributed by atoms with Gasteiger partial charge in [-0.25, -0.2) is 0 Å². The van der Waals surface area contributed by atoms with Crippen molar-refractivity contribution in [3.63, 3.8) is 0 Å². The number of carbonyl (C=O) groups excluding carboxylic acids is 2. The predicted molar refractivity (Wildman–Crippen MR) is 99.9 cm³/mol. The average Bonchev–Trinajstić information content (AvgIpc) is 3.17. The minimum absolute atomic E-state index is 0.0114. The number of methoxy groups -OCH3 is 1. The zero-order chi connectivity index (χ0) is 18.4. The molecule has 2 N–H and O–H groups in total. The lowest BCUT2D eigenvalue weighted by atomic mass is 9.79. The average molecular weight is 359 g/mol. The number of amides is 2. The molecule has 2 aliphatic rings. The number of carbonyl (C=O) groups is 2. The highest BCUT2D eigenvalue weighted by Crippen LogP contribution is 2.28. The predicted octanol–water partition coefficient (Wildman–Crippen LogP) is 1.42. The quantitative estimate of drug-likeness (QED) is 0.806. The molecule has 2 heterocycles. The van der Waals surface area contributed by atoms with Gasteiger partial charge in [-0.2, -0.15) is 0 Å². The summed E-state index contributed by atoms with van der Waals surface area (Å²) >= 11 is 0. The van der Waals surface area contributed by atoms with Crippen molar-refractivity contribution in [2.24, 2.45) is 5.41 Å². The van der Waals surface area contributed by atoms with Crippen LogP contribution in [0.1, 0.15) is 36.0 Å². The molecule has 1 aromatic rings. The minimum Gasteiger partial charge on any atom is -0.384 e. The van der Waals surface area contributed by atoms with Gasteiger partial charge in [0.15, 0.2) is 0 Å². The maximum Gasteiger partial charge on any atom is 0.254 e. The van der Waals surface area contributed by atoms with Gasteiger partial charge in [-0.05, 0) is 50.9 Å². The minimum atomic E-state index is -0.371. The summed E-state index contributed by atoms with van der Waals surface area (Å²) in [5, 5.41) is 6.48. The number of hydrogen-bond donors (Lipinski definition) is 2. The molecule has 2 fully saturated rings. The molecule has 2 aliphatic heterocycles. The van der Waals surface area contributed by atoms with Crippen LogP contribution in [-0.4, -0.2) is 62.7 Å². The van der Waals surface area contributed by atoms with Gasteiger partial charge in [0.25, 0.3) is 5.91 Å². The molecule has 0 spiro atoms. The van der Waals surface area contributed by atoms with E-state index < -0.39 is 0 Å². The summed E-state index contributed by atoms with van der Waals surface area (Å²) in [7, 11) is 1.71. The number of nitrogens with one attached hydrogen (secondary N) is 2. The van der Waals surface area contributed by atoms with E-state index in [0.29, 0.717) is 25.3 Å². The fraction of sp³-hybridized carbons (Fsp3) is 0.600. The molecule has 1 aromatic carbocycles. The van der Waals surface area contributed by atoms with E-state index in [2.05, 4.69) is 10.6 Å². The highest BCUT2D eigenvalue weighted by atomic mass is 16.5. The van der Waals surface area contributed by atoms with Crippen molar-refractivity contribution >= 4 is 11.8 Å². The lowest BCUT2D eigenvalue weighted by Gasteiger charge is -2.37. The second kappa shape index (κ2) is 8.64. The number of piperidine rings is 1. The number of nitrogens with zero attached hydrogens (tertiary/aromatic N) is 1. The van der Waals surface area contributed by atoms with Crippen LogP contribution in [0.4, 0.5) is 0 Å². The Morgan fingerprint density at radius 3 is 2.69 bits per heavy atom. The largest absolute Gasteiger partial charge is 0.384 e. The summed E-state index contributed by atoms with van der Waals surface area (Å²) in [6, 6.07) is 8.83. The van der Waals surface area contributed by atoms with Crippen LogP contribution in [0.25, 0.3) is 0 Å². The van der Waals surface area contributed by atoms with Crippen LogP contribution in [-0.2, 0) is 9.53 Å². The van der Waals surface area contributed by atoms with Crippen molar-refractivity contribution in [1.82, 2.24) is 15.5 Å². The number of rotatable bonds is 6. The topological polar surface area (TPSA) is 70.7 Å². The zero-order valence-corrected chi connectivity index (χ0v) is 15.5. The van der Waals surface area contributed by atoms with E-state index in [4.69, 9.17) is 4.74 Å². The molecule has 0 bridgehead atoms. The van der Waals surface area contributed by atoms with Crippen LogP contribution < -0.4 is 10.6 Å².